The van der Waals surface area contributed by atoms with E-state index in [9.17, 15) is 4.79 Å². The summed E-state index contributed by atoms with van der Waals surface area (Å²) in [7, 11) is 0. The first-order chi connectivity index (χ1) is 8.29. The summed E-state index contributed by atoms with van der Waals surface area (Å²) in [6.45, 7) is 8.72. The molecule has 0 aliphatic rings. The molecule has 6 heteroatoms. The van der Waals surface area contributed by atoms with Gasteiger partial charge < -0.3 is 16.4 Å². The molecule has 1 aromatic heterocycles. The summed E-state index contributed by atoms with van der Waals surface area (Å²) in [4.78, 5) is 19.3. The Labute approximate surface area is 107 Å². The second kappa shape index (κ2) is 5.66. The van der Waals surface area contributed by atoms with Crippen LogP contribution in [0, 0.1) is 0 Å². The lowest BCUT2D eigenvalue weighted by atomic mass is 9.96. The molecule has 4 N–H and O–H groups in total. The van der Waals surface area contributed by atoms with E-state index in [4.69, 9.17) is 5.73 Å². The van der Waals surface area contributed by atoms with Crippen LogP contribution >= 0.6 is 0 Å². The molecule has 0 saturated heterocycles. The summed E-state index contributed by atoms with van der Waals surface area (Å²) in [5.74, 6) is 1.77. The summed E-state index contributed by atoms with van der Waals surface area (Å²) in [6.07, 6.45) is 0. The molecule has 0 spiro atoms. The highest BCUT2D eigenvalue weighted by molar-refractivity contribution is 5.72. The summed E-state index contributed by atoms with van der Waals surface area (Å²) in [6, 6.07) is 1.68. The van der Waals surface area contributed by atoms with Crippen molar-refractivity contribution in [3.63, 3.8) is 0 Å². The first kappa shape index (κ1) is 14.2. The molecule has 0 radical (unpaired) electrons. The van der Waals surface area contributed by atoms with Crippen molar-refractivity contribution in [2.45, 2.75) is 33.1 Å². The number of nitrogen functional groups attached to an aromatic ring is 1. The van der Waals surface area contributed by atoms with Gasteiger partial charge in [0.05, 0.1) is 0 Å². The van der Waals surface area contributed by atoms with E-state index in [2.05, 4.69) is 20.6 Å². The van der Waals surface area contributed by atoms with Crippen LogP contribution in [0.5, 0.6) is 0 Å². The van der Waals surface area contributed by atoms with Crippen molar-refractivity contribution in [1.82, 2.24) is 15.3 Å². The van der Waals surface area contributed by atoms with Crippen LogP contribution in [-0.2, 0) is 10.2 Å². The van der Waals surface area contributed by atoms with Gasteiger partial charge in [0, 0.05) is 31.5 Å². The van der Waals surface area contributed by atoms with Gasteiger partial charge in [0.25, 0.3) is 0 Å². The van der Waals surface area contributed by atoms with Gasteiger partial charge in [-0.1, -0.05) is 20.8 Å². The van der Waals surface area contributed by atoms with E-state index in [-0.39, 0.29) is 11.3 Å². The van der Waals surface area contributed by atoms with E-state index in [1.54, 1.807) is 6.07 Å². The molecule has 18 heavy (non-hydrogen) atoms. The number of rotatable bonds is 4. The van der Waals surface area contributed by atoms with Crippen LogP contribution in [0.1, 0.15) is 33.5 Å². The van der Waals surface area contributed by atoms with Crippen LogP contribution in [0.4, 0.5) is 11.6 Å². The van der Waals surface area contributed by atoms with Crippen LogP contribution in [0.3, 0.4) is 0 Å². The molecule has 0 aliphatic carbocycles. The molecule has 6 nitrogen and oxygen atoms in total. The van der Waals surface area contributed by atoms with Crippen LogP contribution in [0.25, 0.3) is 0 Å². The Balaban J connectivity index is 2.66. The Morgan fingerprint density at radius 3 is 2.56 bits per heavy atom. The van der Waals surface area contributed by atoms with Gasteiger partial charge >= 0.3 is 0 Å². The van der Waals surface area contributed by atoms with Crippen LogP contribution in [0.2, 0.25) is 0 Å². The standard InChI is InChI=1S/C12H21N5O/c1-8(18)14-5-6-15-10-7-9(13)16-11(17-10)12(2,3)4/h7H,5-6H2,1-4H3,(H,14,18)(H3,13,15,16,17). The van der Waals surface area contributed by atoms with Crippen LogP contribution in [-0.4, -0.2) is 29.0 Å². The zero-order valence-corrected chi connectivity index (χ0v) is 11.4. The number of hydrogen-bond donors (Lipinski definition) is 3. The molecular weight excluding hydrogens is 230 g/mol. The van der Waals surface area contributed by atoms with Crippen molar-refractivity contribution in [2.75, 3.05) is 24.1 Å². The van der Waals surface area contributed by atoms with Gasteiger partial charge in [-0.25, -0.2) is 9.97 Å². The van der Waals surface area contributed by atoms with Gasteiger partial charge in [0.1, 0.15) is 17.5 Å². The third kappa shape index (κ3) is 4.57. The topological polar surface area (TPSA) is 92.9 Å². The largest absolute Gasteiger partial charge is 0.384 e. The molecule has 0 atom stereocenters. The van der Waals surface area contributed by atoms with E-state index in [1.807, 2.05) is 20.8 Å². The maximum Gasteiger partial charge on any atom is 0.216 e. The Hall–Kier alpha value is -1.85. The first-order valence-corrected chi connectivity index (χ1v) is 5.92. The minimum absolute atomic E-state index is 0.0469. The van der Waals surface area contributed by atoms with Crippen molar-refractivity contribution >= 4 is 17.5 Å². The molecule has 0 fully saturated rings. The number of nitrogens with one attached hydrogen (secondary N) is 2. The first-order valence-electron chi connectivity index (χ1n) is 5.92. The average Bonchev–Trinajstić information content (AvgIpc) is 2.22. The van der Waals surface area contributed by atoms with E-state index in [0.717, 1.165) is 0 Å². The maximum absolute atomic E-state index is 10.7. The molecule has 0 unspecified atom stereocenters. The van der Waals surface area contributed by atoms with E-state index >= 15 is 0 Å². The molecule has 1 rings (SSSR count). The molecular formula is C12H21N5O. The minimum atomic E-state index is -0.149. The monoisotopic (exact) mass is 251 g/mol. The Kier molecular flexibility index (Phi) is 4.47. The third-order valence-corrected chi connectivity index (χ3v) is 2.22. The minimum Gasteiger partial charge on any atom is -0.384 e. The van der Waals surface area contributed by atoms with Crippen molar-refractivity contribution < 1.29 is 4.79 Å². The molecule has 1 heterocycles. The molecule has 0 aromatic carbocycles. The highest BCUT2D eigenvalue weighted by atomic mass is 16.1. The molecule has 1 amide bonds. The smallest absolute Gasteiger partial charge is 0.216 e. The number of aromatic nitrogens is 2. The number of carbonyl (C=O) groups is 1. The predicted octanol–water partition coefficient (Wildman–Crippen LogP) is 0.904. The predicted molar refractivity (Wildman–Crippen MR) is 72.3 cm³/mol. The summed E-state index contributed by atoms with van der Waals surface area (Å²) in [5, 5.41) is 5.81. The third-order valence-electron chi connectivity index (χ3n) is 2.22. The maximum atomic E-state index is 10.7. The van der Waals surface area contributed by atoms with E-state index in [0.29, 0.717) is 30.5 Å². The molecule has 0 saturated carbocycles. The fourth-order valence-corrected chi connectivity index (χ4v) is 1.32. The highest BCUT2D eigenvalue weighted by Crippen LogP contribution is 2.20. The van der Waals surface area contributed by atoms with Crippen LogP contribution < -0.4 is 16.4 Å². The zero-order valence-electron chi connectivity index (χ0n) is 11.4. The molecule has 0 aliphatic heterocycles. The van der Waals surface area contributed by atoms with E-state index < -0.39 is 0 Å². The normalized spacial score (nSPS) is 11.1. The fraction of sp³-hybridized carbons (Fsp3) is 0.583. The second-order valence-corrected chi connectivity index (χ2v) is 5.16. The molecule has 1 aromatic rings. The lowest BCUT2D eigenvalue weighted by Gasteiger charge is -2.18. The Morgan fingerprint density at radius 2 is 2.00 bits per heavy atom. The Bertz CT molecular complexity index is 425. The summed E-state index contributed by atoms with van der Waals surface area (Å²) in [5.41, 5.74) is 5.60. The quantitative estimate of drug-likeness (QED) is 0.691. The number of amides is 1. The second-order valence-electron chi connectivity index (χ2n) is 5.16. The summed E-state index contributed by atoms with van der Waals surface area (Å²) < 4.78 is 0. The number of carbonyl (C=O) groups excluding carboxylic acids is 1. The van der Waals surface area contributed by atoms with Gasteiger partial charge in [0.2, 0.25) is 5.91 Å². The lowest BCUT2D eigenvalue weighted by Crippen LogP contribution is -2.27. The van der Waals surface area contributed by atoms with E-state index in [1.165, 1.54) is 6.92 Å². The van der Waals surface area contributed by atoms with Crippen molar-refractivity contribution in [3.8, 4) is 0 Å². The Morgan fingerprint density at radius 1 is 1.33 bits per heavy atom. The van der Waals surface area contributed by atoms with Gasteiger partial charge in [-0.3, -0.25) is 4.79 Å². The van der Waals surface area contributed by atoms with Gasteiger partial charge in [-0.15, -0.1) is 0 Å². The summed E-state index contributed by atoms with van der Waals surface area (Å²) >= 11 is 0. The fourth-order valence-electron chi connectivity index (χ4n) is 1.32. The van der Waals surface area contributed by atoms with Crippen molar-refractivity contribution in [3.05, 3.63) is 11.9 Å². The lowest BCUT2D eigenvalue weighted by molar-refractivity contribution is -0.118. The number of anilines is 2. The highest BCUT2D eigenvalue weighted by Gasteiger charge is 2.18. The number of nitrogens with two attached hydrogens (primary N) is 1. The number of hydrogen-bond acceptors (Lipinski definition) is 5. The SMILES string of the molecule is CC(=O)NCCNc1cc(N)nc(C(C)(C)C)n1. The van der Waals surface area contributed by atoms with Gasteiger partial charge in [-0.05, 0) is 0 Å². The van der Waals surface area contributed by atoms with Crippen molar-refractivity contribution in [1.29, 1.82) is 0 Å². The average molecular weight is 251 g/mol. The van der Waals surface area contributed by atoms with Crippen LogP contribution in [0.15, 0.2) is 6.07 Å². The van der Waals surface area contributed by atoms with Crippen molar-refractivity contribution in [2.24, 2.45) is 0 Å². The molecule has 100 valence electrons. The number of nitrogens with zero attached hydrogens (tertiary/aromatic N) is 2. The van der Waals surface area contributed by atoms with Gasteiger partial charge in [0.15, 0.2) is 0 Å². The zero-order chi connectivity index (χ0) is 13.8. The molecule has 0 bridgehead atoms. The van der Waals surface area contributed by atoms with Gasteiger partial charge in [-0.2, -0.15) is 0 Å².